The predicted octanol–water partition coefficient (Wildman–Crippen LogP) is 3.73. The van der Waals surface area contributed by atoms with Gasteiger partial charge in [0.05, 0.1) is 17.1 Å². The van der Waals surface area contributed by atoms with Gasteiger partial charge in [-0.05, 0) is 37.1 Å². The molecule has 1 aromatic carbocycles. The number of H-pyrrole nitrogens is 1. The van der Waals surface area contributed by atoms with Gasteiger partial charge in [-0.3, -0.25) is 4.79 Å². The standard InChI is InChI=1S/C19H24N4O/c1-5-12(2)17(18-20-14-8-6-7-9-15(14)21-18)22-19(24)16-11-10-13(3)23(16)4/h6-12,17H,5H2,1-4H3,(H,20,21)(H,22,24). The Balaban J connectivity index is 1.92. The minimum Gasteiger partial charge on any atom is -0.344 e. The number of carbonyl (C=O) groups excluding carboxylic acids is 1. The summed E-state index contributed by atoms with van der Waals surface area (Å²) in [6.45, 7) is 6.25. The van der Waals surface area contributed by atoms with Gasteiger partial charge in [0.2, 0.25) is 0 Å². The average molecular weight is 324 g/mol. The number of hydrogen-bond acceptors (Lipinski definition) is 2. The number of amides is 1. The highest BCUT2D eigenvalue weighted by molar-refractivity contribution is 5.93. The smallest absolute Gasteiger partial charge is 0.268 e. The molecule has 1 amide bonds. The number of aryl methyl sites for hydroxylation is 1. The van der Waals surface area contributed by atoms with Crippen LogP contribution >= 0.6 is 0 Å². The Morgan fingerprint density at radius 1 is 1.29 bits per heavy atom. The zero-order chi connectivity index (χ0) is 17.3. The van der Waals surface area contributed by atoms with Gasteiger partial charge in [0, 0.05) is 12.7 Å². The Bertz CT molecular complexity index is 828. The van der Waals surface area contributed by atoms with Crippen molar-refractivity contribution in [2.24, 2.45) is 13.0 Å². The van der Waals surface area contributed by atoms with Gasteiger partial charge in [0.15, 0.2) is 0 Å². The van der Waals surface area contributed by atoms with E-state index in [-0.39, 0.29) is 17.9 Å². The fourth-order valence-electron chi connectivity index (χ4n) is 2.89. The molecule has 0 fully saturated rings. The Labute approximate surface area is 142 Å². The highest BCUT2D eigenvalue weighted by Crippen LogP contribution is 2.25. The van der Waals surface area contributed by atoms with E-state index in [1.165, 1.54) is 0 Å². The molecule has 2 atom stereocenters. The molecular weight excluding hydrogens is 300 g/mol. The molecule has 0 radical (unpaired) electrons. The third-order valence-corrected chi connectivity index (χ3v) is 4.81. The van der Waals surface area contributed by atoms with Crippen LogP contribution in [0, 0.1) is 12.8 Å². The number of hydrogen-bond donors (Lipinski definition) is 2. The van der Waals surface area contributed by atoms with Crippen molar-refractivity contribution in [1.29, 1.82) is 0 Å². The van der Waals surface area contributed by atoms with Crippen molar-refractivity contribution in [2.45, 2.75) is 33.2 Å². The van der Waals surface area contributed by atoms with E-state index in [1.54, 1.807) is 0 Å². The summed E-state index contributed by atoms with van der Waals surface area (Å²) in [5, 5.41) is 3.16. The maximum absolute atomic E-state index is 12.7. The molecule has 0 aliphatic carbocycles. The van der Waals surface area contributed by atoms with Crippen molar-refractivity contribution >= 4 is 16.9 Å². The van der Waals surface area contributed by atoms with Crippen molar-refractivity contribution < 1.29 is 4.79 Å². The first-order valence-electron chi connectivity index (χ1n) is 8.39. The maximum atomic E-state index is 12.7. The number of aromatic amines is 1. The average Bonchev–Trinajstić information content (AvgIpc) is 3.15. The van der Waals surface area contributed by atoms with E-state index in [0.29, 0.717) is 5.69 Å². The molecule has 0 spiro atoms. The molecular formula is C19H24N4O. The molecule has 5 nitrogen and oxygen atoms in total. The monoisotopic (exact) mass is 324 g/mol. The summed E-state index contributed by atoms with van der Waals surface area (Å²) in [4.78, 5) is 20.8. The number of nitrogens with zero attached hydrogens (tertiary/aromatic N) is 2. The number of carbonyl (C=O) groups is 1. The van der Waals surface area contributed by atoms with Gasteiger partial charge >= 0.3 is 0 Å². The number of aromatic nitrogens is 3. The normalized spacial score (nSPS) is 13.8. The molecule has 3 aromatic rings. The number of fused-ring (bicyclic) bond motifs is 1. The molecule has 0 aliphatic rings. The van der Waals surface area contributed by atoms with Crippen molar-refractivity contribution in [2.75, 3.05) is 0 Å². The Morgan fingerprint density at radius 3 is 2.67 bits per heavy atom. The van der Waals surface area contributed by atoms with Crippen LogP contribution in [0.1, 0.15) is 48.3 Å². The predicted molar refractivity (Wildman–Crippen MR) is 95.9 cm³/mol. The van der Waals surface area contributed by atoms with Gasteiger partial charge in [-0.1, -0.05) is 32.4 Å². The Hall–Kier alpha value is -2.56. The lowest BCUT2D eigenvalue weighted by molar-refractivity contribution is 0.0912. The van der Waals surface area contributed by atoms with Crippen LogP contribution < -0.4 is 5.32 Å². The van der Waals surface area contributed by atoms with E-state index in [9.17, 15) is 4.79 Å². The lowest BCUT2D eigenvalue weighted by atomic mass is 9.98. The highest BCUT2D eigenvalue weighted by atomic mass is 16.2. The lowest BCUT2D eigenvalue weighted by Gasteiger charge is -2.22. The van der Waals surface area contributed by atoms with Crippen LogP contribution in [0.3, 0.4) is 0 Å². The van der Waals surface area contributed by atoms with Crippen LogP contribution in [-0.2, 0) is 7.05 Å². The van der Waals surface area contributed by atoms with Crippen LogP contribution in [0.5, 0.6) is 0 Å². The summed E-state index contributed by atoms with van der Waals surface area (Å²) in [6.07, 6.45) is 0.953. The fourth-order valence-corrected chi connectivity index (χ4v) is 2.89. The summed E-state index contributed by atoms with van der Waals surface area (Å²) in [5.74, 6) is 1.01. The zero-order valence-corrected chi connectivity index (χ0v) is 14.6. The van der Waals surface area contributed by atoms with Gasteiger partial charge < -0.3 is 14.9 Å². The molecule has 3 rings (SSSR count). The van der Waals surface area contributed by atoms with Crippen LogP contribution in [0.4, 0.5) is 0 Å². The van der Waals surface area contributed by atoms with E-state index in [0.717, 1.165) is 29.0 Å². The van der Waals surface area contributed by atoms with Crippen molar-refractivity contribution in [3.63, 3.8) is 0 Å². The topological polar surface area (TPSA) is 62.7 Å². The minimum absolute atomic E-state index is 0.0728. The first-order valence-corrected chi connectivity index (χ1v) is 8.39. The van der Waals surface area contributed by atoms with E-state index >= 15 is 0 Å². The largest absolute Gasteiger partial charge is 0.344 e. The quantitative estimate of drug-likeness (QED) is 0.751. The van der Waals surface area contributed by atoms with Crippen molar-refractivity contribution in [3.8, 4) is 0 Å². The molecule has 0 bridgehead atoms. The second kappa shape index (κ2) is 6.51. The van der Waals surface area contributed by atoms with Crippen LogP contribution in [0.25, 0.3) is 11.0 Å². The van der Waals surface area contributed by atoms with Gasteiger partial charge in [0.1, 0.15) is 11.5 Å². The number of para-hydroxylation sites is 2. The molecule has 5 heteroatoms. The van der Waals surface area contributed by atoms with E-state index < -0.39 is 0 Å². The second-order valence-corrected chi connectivity index (χ2v) is 6.39. The highest BCUT2D eigenvalue weighted by Gasteiger charge is 2.25. The maximum Gasteiger partial charge on any atom is 0.268 e. The number of imidazole rings is 1. The number of benzene rings is 1. The fraction of sp³-hybridized carbons (Fsp3) is 0.368. The molecule has 2 unspecified atom stereocenters. The molecule has 126 valence electrons. The van der Waals surface area contributed by atoms with Crippen molar-refractivity contribution in [1.82, 2.24) is 19.9 Å². The molecule has 2 aromatic heterocycles. The molecule has 2 heterocycles. The van der Waals surface area contributed by atoms with Crippen molar-refractivity contribution in [3.05, 3.63) is 53.6 Å². The van der Waals surface area contributed by atoms with Gasteiger partial charge in [-0.25, -0.2) is 4.98 Å². The summed E-state index contributed by atoms with van der Waals surface area (Å²) < 4.78 is 1.90. The summed E-state index contributed by atoms with van der Waals surface area (Å²) in [6, 6.07) is 11.6. The summed E-state index contributed by atoms with van der Waals surface area (Å²) >= 11 is 0. The molecule has 0 aliphatic heterocycles. The Morgan fingerprint density at radius 2 is 2.04 bits per heavy atom. The third-order valence-electron chi connectivity index (χ3n) is 4.81. The Kier molecular flexibility index (Phi) is 4.42. The van der Waals surface area contributed by atoms with E-state index in [2.05, 4.69) is 29.1 Å². The number of nitrogens with one attached hydrogen (secondary N) is 2. The second-order valence-electron chi connectivity index (χ2n) is 6.39. The third kappa shape index (κ3) is 2.94. The molecule has 2 N–H and O–H groups in total. The SMILES string of the molecule is CCC(C)C(NC(=O)c1ccc(C)n1C)c1nc2ccccc2[nH]1. The number of rotatable bonds is 5. The summed E-state index contributed by atoms with van der Waals surface area (Å²) in [5.41, 5.74) is 3.63. The van der Waals surface area contributed by atoms with E-state index in [4.69, 9.17) is 0 Å². The van der Waals surface area contributed by atoms with Gasteiger partial charge in [-0.2, -0.15) is 0 Å². The molecule has 0 saturated heterocycles. The van der Waals surface area contributed by atoms with Crippen LogP contribution in [0.15, 0.2) is 36.4 Å². The minimum atomic E-state index is -0.148. The van der Waals surface area contributed by atoms with Gasteiger partial charge in [0.25, 0.3) is 5.91 Å². The molecule has 24 heavy (non-hydrogen) atoms. The first-order chi connectivity index (χ1) is 11.5. The van der Waals surface area contributed by atoms with Gasteiger partial charge in [-0.15, -0.1) is 0 Å². The van der Waals surface area contributed by atoms with E-state index in [1.807, 2.05) is 54.9 Å². The van der Waals surface area contributed by atoms with Crippen LogP contribution in [-0.4, -0.2) is 20.4 Å². The zero-order valence-electron chi connectivity index (χ0n) is 14.6. The summed E-state index contributed by atoms with van der Waals surface area (Å²) in [7, 11) is 1.91. The molecule has 0 saturated carbocycles. The first kappa shape index (κ1) is 16.3. The lowest BCUT2D eigenvalue weighted by Crippen LogP contribution is -2.34. The van der Waals surface area contributed by atoms with Crippen LogP contribution in [0.2, 0.25) is 0 Å².